The summed E-state index contributed by atoms with van der Waals surface area (Å²) < 4.78 is 3.85. The molecule has 0 saturated carbocycles. The minimum absolute atomic E-state index is 0.169. The summed E-state index contributed by atoms with van der Waals surface area (Å²) in [6.45, 7) is 7.60. The molecule has 15 heavy (non-hydrogen) atoms. The Bertz CT molecular complexity index is 187. The van der Waals surface area contributed by atoms with E-state index in [0.29, 0.717) is 6.17 Å². The maximum Gasteiger partial charge on any atom is 0.251 e. The Balaban J connectivity index is 0.000000288. The lowest BCUT2D eigenvalue weighted by molar-refractivity contribution is -0.896. The Hall–Kier alpha value is -0.810. The van der Waals surface area contributed by atoms with Gasteiger partial charge in [0.2, 0.25) is 0 Å². The molecule has 3 atom stereocenters. The number of hydrogen-bond donors (Lipinski definition) is 1. The number of hydrogen-bond acceptors (Lipinski definition) is 4. The fourth-order valence-electron chi connectivity index (χ4n) is 1.63. The third-order valence-corrected chi connectivity index (χ3v) is 2.90. The van der Waals surface area contributed by atoms with E-state index in [-0.39, 0.29) is 6.61 Å². The van der Waals surface area contributed by atoms with Crippen LogP contribution in [0.25, 0.3) is 0 Å². The summed E-state index contributed by atoms with van der Waals surface area (Å²) in [7, 11) is 4.45. The largest absolute Gasteiger partial charge is 0.550 e. The molecule has 0 aromatic carbocycles. The smallest absolute Gasteiger partial charge is 0.251 e. The molecule has 1 heterocycles. The molecule has 0 aromatic rings. The van der Waals surface area contributed by atoms with Crippen molar-refractivity contribution in [2.75, 3.05) is 27.2 Å². The molecule has 3 unspecified atom stereocenters. The summed E-state index contributed by atoms with van der Waals surface area (Å²) in [5.41, 5.74) is 0. The quantitative estimate of drug-likeness (QED) is 0.547. The highest BCUT2D eigenvalue weighted by atomic mass is 16.7. The van der Waals surface area contributed by atoms with E-state index >= 15 is 0 Å². The van der Waals surface area contributed by atoms with Gasteiger partial charge >= 0.3 is 0 Å². The van der Waals surface area contributed by atoms with Gasteiger partial charge in [-0.15, -0.1) is 0 Å². The van der Waals surface area contributed by atoms with Crippen molar-refractivity contribution in [2.24, 2.45) is 0 Å². The number of carboxylic acid groups (broad SMARTS) is 1. The van der Waals surface area contributed by atoms with Crippen LogP contribution in [0.4, 0.5) is 4.79 Å². The van der Waals surface area contributed by atoms with Crippen molar-refractivity contribution in [2.45, 2.75) is 33.0 Å². The molecular formula is C10H22N2O3. The number of ether oxygens (including phenoxy) is 1. The van der Waals surface area contributed by atoms with E-state index in [2.05, 4.69) is 37.6 Å². The molecule has 1 aliphatic heterocycles. The Labute approximate surface area is 91.6 Å². The molecular weight excluding hydrogens is 196 g/mol. The zero-order valence-corrected chi connectivity index (χ0v) is 10.2. The van der Waals surface area contributed by atoms with Gasteiger partial charge < -0.3 is 19.5 Å². The Morgan fingerprint density at radius 2 is 2.13 bits per heavy atom. The number of rotatable bonds is 1. The lowest BCUT2D eigenvalue weighted by Crippen LogP contribution is -3.11. The molecule has 1 fully saturated rings. The number of carbonyl (C=O) groups is 1. The summed E-state index contributed by atoms with van der Waals surface area (Å²) in [5.74, 6) is 0. The first-order chi connectivity index (χ1) is 6.90. The SMILES string of the molecule is CC1C[NH+](C)C(C)N1C.CCOC(=O)[O-]. The van der Waals surface area contributed by atoms with Crippen molar-refractivity contribution in [3.8, 4) is 0 Å². The van der Waals surface area contributed by atoms with E-state index in [0.717, 1.165) is 6.04 Å². The van der Waals surface area contributed by atoms with Crippen molar-refractivity contribution < 1.29 is 19.5 Å². The van der Waals surface area contributed by atoms with Gasteiger partial charge in [-0.2, -0.15) is 0 Å². The van der Waals surface area contributed by atoms with Gasteiger partial charge in [0.1, 0.15) is 6.17 Å². The van der Waals surface area contributed by atoms with Gasteiger partial charge in [0, 0.05) is 13.5 Å². The molecule has 0 bridgehead atoms. The third kappa shape index (κ3) is 4.99. The van der Waals surface area contributed by atoms with Crippen LogP contribution in [-0.4, -0.2) is 50.5 Å². The summed E-state index contributed by atoms with van der Waals surface area (Å²) in [6, 6.07) is 0.764. The van der Waals surface area contributed by atoms with Gasteiger partial charge in [-0.1, -0.05) is 0 Å². The molecule has 5 nitrogen and oxygen atoms in total. The number of nitrogens with one attached hydrogen (secondary N) is 1. The zero-order chi connectivity index (χ0) is 12.0. The lowest BCUT2D eigenvalue weighted by Gasteiger charge is -2.17. The molecule has 1 rings (SSSR count). The summed E-state index contributed by atoms with van der Waals surface area (Å²) >= 11 is 0. The fourth-order valence-corrected chi connectivity index (χ4v) is 1.63. The molecule has 1 saturated heterocycles. The average molecular weight is 218 g/mol. The van der Waals surface area contributed by atoms with Crippen LogP contribution in [0.1, 0.15) is 20.8 Å². The molecule has 5 heteroatoms. The van der Waals surface area contributed by atoms with Crippen molar-refractivity contribution in [3.63, 3.8) is 0 Å². The van der Waals surface area contributed by atoms with Crippen LogP contribution in [0.5, 0.6) is 0 Å². The van der Waals surface area contributed by atoms with Gasteiger partial charge in [0.25, 0.3) is 6.16 Å². The van der Waals surface area contributed by atoms with Gasteiger partial charge in [-0.25, -0.2) is 4.90 Å². The number of likely N-dealkylation sites (N-methyl/N-ethyl adjacent to an activating group) is 2. The Morgan fingerprint density at radius 1 is 1.60 bits per heavy atom. The molecule has 0 aliphatic carbocycles. The predicted molar refractivity (Wildman–Crippen MR) is 55.5 cm³/mol. The number of carbonyl (C=O) groups excluding carboxylic acids is 1. The minimum Gasteiger partial charge on any atom is -0.550 e. The van der Waals surface area contributed by atoms with E-state index in [1.54, 1.807) is 11.8 Å². The summed E-state index contributed by atoms with van der Waals surface area (Å²) in [4.78, 5) is 13.3. The highest BCUT2D eigenvalue weighted by molar-refractivity contribution is 5.53. The lowest BCUT2D eigenvalue weighted by atomic mass is 10.3. The monoisotopic (exact) mass is 218 g/mol. The zero-order valence-electron chi connectivity index (χ0n) is 10.2. The van der Waals surface area contributed by atoms with Crippen molar-refractivity contribution >= 4 is 6.16 Å². The van der Waals surface area contributed by atoms with Crippen molar-refractivity contribution in [1.82, 2.24) is 4.90 Å². The molecule has 1 aliphatic rings. The molecule has 0 aromatic heterocycles. The van der Waals surface area contributed by atoms with Crippen LogP contribution < -0.4 is 10.0 Å². The maximum atomic E-state index is 9.27. The third-order valence-electron chi connectivity index (χ3n) is 2.90. The molecule has 0 amide bonds. The van der Waals surface area contributed by atoms with Gasteiger partial charge in [-0.05, 0) is 20.9 Å². The predicted octanol–water partition coefficient (Wildman–Crippen LogP) is -1.45. The molecule has 1 N–H and O–H groups in total. The minimum atomic E-state index is -1.46. The highest BCUT2D eigenvalue weighted by Gasteiger charge is 2.31. The van der Waals surface area contributed by atoms with Gasteiger partial charge in [0.15, 0.2) is 0 Å². The highest BCUT2D eigenvalue weighted by Crippen LogP contribution is 2.00. The van der Waals surface area contributed by atoms with Crippen LogP contribution in [0.3, 0.4) is 0 Å². The van der Waals surface area contributed by atoms with Gasteiger partial charge in [0.05, 0.1) is 19.6 Å². The topological polar surface area (TPSA) is 57.0 Å². The second-order valence-electron chi connectivity index (χ2n) is 3.92. The first-order valence-corrected chi connectivity index (χ1v) is 5.28. The van der Waals surface area contributed by atoms with Crippen LogP contribution in [0.15, 0.2) is 0 Å². The van der Waals surface area contributed by atoms with E-state index in [4.69, 9.17) is 0 Å². The van der Waals surface area contributed by atoms with Crippen molar-refractivity contribution in [3.05, 3.63) is 0 Å². The van der Waals surface area contributed by atoms with Crippen molar-refractivity contribution in [1.29, 1.82) is 0 Å². The Morgan fingerprint density at radius 3 is 2.20 bits per heavy atom. The normalized spacial score (nSPS) is 30.6. The first kappa shape index (κ1) is 14.2. The van der Waals surface area contributed by atoms with E-state index < -0.39 is 6.16 Å². The maximum absolute atomic E-state index is 9.27. The number of quaternary nitrogens is 1. The van der Waals surface area contributed by atoms with Gasteiger partial charge in [-0.3, -0.25) is 0 Å². The second kappa shape index (κ2) is 6.63. The summed E-state index contributed by atoms with van der Waals surface area (Å²) in [6.07, 6.45) is -0.752. The first-order valence-electron chi connectivity index (χ1n) is 5.28. The van der Waals surface area contributed by atoms with E-state index in [9.17, 15) is 9.90 Å². The summed E-state index contributed by atoms with van der Waals surface area (Å²) in [5, 5.41) is 9.27. The Kier molecular flexibility index (Phi) is 6.27. The van der Waals surface area contributed by atoms with E-state index in [1.165, 1.54) is 6.54 Å². The van der Waals surface area contributed by atoms with Crippen LogP contribution in [0, 0.1) is 0 Å². The van der Waals surface area contributed by atoms with Crippen LogP contribution in [0.2, 0.25) is 0 Å². The standard InChI is InChI=1S/C7H16N2.C3H6O3/c1-6-5-8(3)7(2)9(6)4;1-2-6-3(4)5/h6-7H,5H2,1-4H3;2H2,1H3,(H,4,5). The number of nitrogens with zero attached hydrogens (tertiary/aromatic N) is 1. The second-order valence-corrected chi connectivity index (χ2v) is 3.92. The van der Waals surface area contributed by atoms with E-state index in [1.807, 2.05) is 0 Å². The molecule has 0 radical (unpaired) electrons. The van der Waals surface area contributed by atoms with Crippen LogP contribution >= 0.6 is 0 Å². The van der Waals surface area contributed by atoms with Crippen LogP contribution in [-0.2, 0) is 4.74 Å². The fraction of sp³-hybridized carbons (Fsp3) is 0.900. The molecule has 0 spiro atoms. The average Bonchev–Trinajstić information content (AvgIpc) is 2.34. The molecule has 90 valence electrons.